The average Bonchev–Trinajstić information content (AvgIpc) is 3.32. The molecular weight excluding hydrogens is 380 g/mol. The summed E-state index contributed by atoms with van der Waals surface area (Å²) in [6.45, 7) is 0.378. The smallest absolute Gasteiger partial charge is 0.250 e. The Morgan fingerprint density at radius 1 is 1.07 bits per heavy atom. The van der Waals surface area contributed by atoms with Gasteiger partial charge in [-0.2, -0.15) is 4.31 Å². The van der Waals surface area contributed by atoms with Crippen LogP contribution >= 0.6 is 0 Å². The van der Waals surface area contributed by atoms with Gasteiger partial charge in [-0.15, -0.1) is 10.2 Å². The first kappa shape index (κ1) is 17.8. The summed E-state index contributed by atoms with van der Waals surface area (Å²) in [4.78, 5) is -0.390. The standard InChI is InChI=1S/C17H15F2N3O4S/c18-13-7-14(19)9-15(8-13)27(23,24)22-4-1-11(2-5-22)16-20-21-17(26-16)12-3-6-25-10-12/h3,6-11H,1-2,4-5H2. The third kappa shape index (κ3) is 3.50. The summed E-state index contributed by atoms with van der Waals surface area (Å²) in [5, 5.41) is 8.02. The molecule has 10 heteroatoms. The highest BCUT2D eigenvalue weighted by molar-refractivity contribution is 7.89. The summed E-state index contributed by atoms with van der Waals surface area (Å²) < 4.78 is 63.8. The SMILES string of the molecule is O=S(=O)(c1cc(F)cc(F)c1)N1CCC(c2nnc(-c3ccoc3)o2)CC1. The van der Waals surface area contributed by atoms with Gasteiger partial charge in [0.25, 0.3) is 5.89 Å². The molecule has 3 aromatic rings. The van der Waals surface area contributed by atoms with E-state index in [0.717, 1.165) is 12.1 Å². The fourth-order valence-corrected chi connectivity index (χ4v) is 4.58. The summed E-state index contributed by atoms with van der Waals surface area (Å²) in [7, 11) is -3.97. The van der Waals surface area contributed by atoms with E-state index in [1.807, 2.05) is 0 Å². The second-order valence-electron chi connectivity index (χ2n) is 6.24. The molecule has 0 amide bonds. The van der Waals surface area contributed by atoms with Crippen LogP contribution in [0, 0.1) is 11.6 Å². The normalized spacial score (nSPS) is 16.7. The number of halogens is 2. The molecule has 0 spiro atoms. The highest BCUT2D eigenvalue weighted by Crippen LogP contribution is 2.31. The van der Waals surface area contributed by atoms with Crippen LogP contribution in [0.15, 0.2) is 50.5 Å². The van der Waals surface area contributed by atoms with Crippen molar-refractivity contribution < 1.29 is 26.0 Å². The average molecular weight is 395 g/mol. The minimum absolute atomic E-state index is 0.0890. The van der Waals surface area contributed by atoms with E-state index >= 15 is 0 Å². The van der Waals surface area contributed by atoms with E-state index in [-0.39, 0.29) is 19.0 Å². The van der Waals surface area contributed by atoms with Crippen molar-refractivity contribution >= 4 is 10.0 Å². The molecule has 1 fully saturated rings. The zero-order valence-electron chi connectivity index (χ0n) is 14.0. The lowest BCUT2D eigenvalue weighted by atomic mass is 9.98. The Labute approximate surface area is 153 Å². The van der Waals surface area contributed by atoms with Gasteiger partial charge in [-0.25, -0.2) is 17.2 Å². The number of sulfonamides is 1. The molecule has 0 saturated carbocycles. The summed E-state index contributed by atoms with van der Waals surface area (Å²) in [6.07, 6.45) is 3.91. The van der Waals surface area contributed by atoms with Crippen molar-refractivity contribution in [1.82, 2.24) is 14.5 Å². The molecule has 7 nitrogen and oxygen atoms in total. The fourth-order valence-electron chi connectivity index (χ4n) is 3.07. The minimum atomic E-state index is -3.97. The predicted octanol–water partition coefficient (Wildman–Crippen LogP) is 3.18. The second-order valence-corrected chi connectivity index (χ2v) is 8.18. The molecule has 3 heterocycles. The van der Waals surface area contributed by atoms with E-state index in [1.165, 1.54) is 16.8 Å². The lowest BCUT2D eigenvalue weighted by Gasteiger charge is -2.29. The van der Waals surface area contributed by atoms with E-state index in [9.17, 15) is 17.2 Å². The summed E-state index contributed by atoms with van der Waals surface area (Å²) in [5.74, 6) is -1.18. The number of aromatic nitrogens is 2. The molecule has 1 aliphatic heterocycles. The first-order chi connectivity index (χ1) is 12.9. The Morgan fingerprint density at radius 3 is 2.41 bits per heavy atom. The lowest BCUT2D eigenvalue weighted by Crippen LogP contribution is -2.38. The van der Waals surface area contributed by atoms with Gasteiger partial charge in [-0.1, -0.05) is 0 Å². The van der Waals surface area contributed by atoms with Crippen LogP contribution in [-0.2, 0) is 10.0 Å². The van der Waals surface area contributed by atoms with Gasteiger partial charge in [-0.3, -0.25) is 0 Å². The van der Waals surface area contributed by atoms with Crippen molar-refractivity contribution in [3.8, 4) is 11.5 Å². The number of hydrogen-bond acceptors (Lipinski definition) is 6. The van der Waals surface area contributed by atoms with Crippen LogP contribution in [0.25, 0.3) is 11.5 Å². The van der Waals surface area contributed by atoms with Crippen LogP contribution in [0.3, 0.4) is 0 Å². The Bertz CT molecular complexity index is 1020. The van der Waals surface area contributed by atoms with Crippen LogP contribution in [0.5, 0.6) is 0 Å². The second kappa shape index (κ2) is 6.86. The zero-order valence-corrected chi connectivity index (χ0v) is 14.8. The van der Waals surface area contributed by atoms with Gasteiger partial charge in [-0.05, 0) is 31.0 Å². The quantitative estimate of drug-likeness (QED) is 0.674. The Kier molecular flexibility index (Phi) is 4.52. The maximum atomic E-state index is 13.4. The monoisotopic (exact) mass is 395 g/mol. The molecule has 1 aliphatic rings. The molecule has 4 rings (SSSR count). The molecule has 0 atom stereocenters. The Balaban J connectivity index is 1.47. The van der Waals surface area contributed by atoms with Crippen molar-refractivity contribution in [2.45, 2.75) is 23.7 Å². The number of rotatable bonds is 4. The van der Waals surface area contributed by atoms with Gasteiger partial charge in [0.05, 0.1) is 16.7 Å². The summed E-state index contributed by atoms with van der Waals surface area (Å²) >= 11 is 0. The summed E-state index contributed by atoms with van der Waals surface area (Å²) in [5.41, 5.74) is 0.668. The van der Waals surface area contributed by atoms with Crippen molar-refractivity contribution in [3.63, 3.8) is 0 Å². The van der Waals surface area contributed by atoms with Gasteiger partial charge in [0.15, 0.2) is 0 Å². The fraction of sp³-hybridized carbons (Fsp3) is 0.294. The molecular formula is C17H15F2N3O4S. The zero-order chi connectivity index (χ0) is 19.0. The van der Waals surface area contributed by atoms with E-state index < -0.39 is 26.6 Å². The molecule has 0 N–H and O–H groups in total. The van der Waals surface area contributed by atoms with E-state index in [2.05, 4.69) is 10.2 Å². The number of benzene rings is 1. The van der Waals surface area contributed by atoms with Crippen LogP contribution in [0.1, 0.15) is 24.7 Å². The van der Waals surface area contributed by atoms with Crippen molar-refractivity contribution in [3.05, 3.63) is 54.3 Å². The van der Waals surface area contributed by atoms with Crippen LogP contribution in [-0.4, -0.2) is 36.0 Å². The first-order valence-electron chi connectivity index (χ1n) is 8.26. The molecule has 1 saturated heterocycles. The van der Waals surface area contributed by atoms with E-state index in [0.29, 0.717) is 36.3 Å². The molecule has 0 radical (unpaired) electrons. The molecule has 27 heavy (non-hydrogen) atoms. The lowest BCUT2D eigenvalue weighted by molar-refractivity contribution is 0.291. The maximum Gasteiger partial charge on any atom is 0.250 e. The van der Waals surface area contributed by atoms with Gasteiger partial charge in [0.2, 0.25) is 15.9 Å². The highest BCUT2D eigenvalue weighted by Gasteiger charge is 2.32. The van der Waals surface area contributed by atoms with Crippen LogP contribution in [0.4, 0.5) is 8.78 Å². The molecule has 0 aliphatic carbocycles. The molecule has 0 bridgehead atoms. The van der Waals surface area contributed by atoms with Gasteiger partial charge >= 0.3 is 0 Å². The Morgan fingerprint density at radius 2 is 1.78 bits per heavy atom. The third-order valence-electron chi connectivity index (χ3n) is 4.49. The van der Waals surface area contributed by atoms with Crippen molar-refractivity contribution in [2.75, 3.05) is 13.1 Å². The highest BCUT2D eigenvalue weighted by atomic mass is 32.2. The number of furan rings is 1. The van der Waals surface area contributed by atoms with E-state index in [1.54, 1.807) is 6.07 Å². The number of hydrogen-bond donors (Lipinski definition) is 0. The number of nitrogens with zero attached hydrogens (tertiary/aromatic N) is 3. The van der Waals surface area contributed by atoms with E-state index in [4.69, 9.17) is 8.83 Å². The number of piperidine rings is 1. The van der Waals surface area contributed by atoms with Crippen LogP contribution < -0.4 is 0 Å². The minimum Gasteiger partial charge on any atom is -0.472 e. The third-order valence-corrected chi connectivity index (χ3v) is 6.36. The topological polar surface area (TPSA) is 89.4 Å². The van der Waals surface area contributed by atoms with Crippen LogP contribution in [0.2, 0.25) is 0 Å². The Hall–Kier alpha value is -2.59. The van der Waals surface area contributed by atoms with Crippen molar-refractivity contribution in [2.24, 2.45) is 0 Å². The largest absolute Gasteiger partial charge is 0.472 e. The summed E-state index contributed by atoms with van der Waals surface area (Å²) in [6, 6.07) is 3.97. The molecule has 0 unspecified atom stereocenters. The predicted molar refractivity (Wildman–Crippen MR) is 89.1 cm³/mol. The van der Waals surface area contributed by atoms with Gasteiger partial charge < -0.3 is 8.83 Å². The van der Waals surface area contributed by atoms with Gasteiger partial charge in [0.1, 0.15) is 17.9 Å². The molecule has 2 aromatic heterocycles. The first-order valence-corrected chi connectivity index (χ1v) is 9.70. The molecule has 142 valence electrons. The van der Waals surface area contributed by atoms with Gasteiger partial charge in [0, 0.05) is 25.1 Å². The maximum absolute atomic E-state index is 13.4. The van der Waals surface area contributed by atoms with Crippen molar-refractivity contribution in [1.29, 1.82) is 0 Å². The molecule has 1 aromatic carbocycles.